The zero-order valence-electron chi connectivity index (χ0n) is 11.7. The molecule has 1 heterocycles. The van der Waals surface area contributed by atoms with Gasteiger partial charge in [-0.05, 0) is 49.9 Å². The summed E-state index contributed by atoms with van der Waals surface area (Å²) in [5, 5.41) is 3.58. The van der Waals surface area contributed by atoms with Crippen molar-refractivity contribution in [1.29, 1.82) is 0 Å². The second-order valence-corrected chi connectivity index (χ2v) is 5.59. The number of imidazole rings is 1. The lowest BCUT2D eigenvalue weighted by Gasteiger charge is -2.15. The highest BCUT2D eigenvalue weighted by Crippen LogP contribution is 2.23. The van der Waals surface area contributed by atoms with Crippen LogP contribution < -0.4 is 5.32 Å². The van der Waals surface area contributed by atoms with Crippen LogP contribution in [0.1, 0.15) is 36.8 Å². The molecule has 0 saturated heterocycles. The van der Waals surface area contributed by atoms with E-state index in [0.717, 1.165) is 5.95 Å². The first-order valence-electron chi connectivity index (χ1n) is 7.11. The van der Waals surface area contributed by atoms with Crippen molar-refractivity contribution in [1.82, 2.24) is 9.55 Å². The summed E-state index contributed by atoms with van der Waals surface area (Å²) in [6.07, 6.45) is 9.10. The van der Waals surface area contributed by atoms with Gasteiger partial charge in [0.15, 0.2) is 0 Å². The molecule has 3 nitrogen and oxygen atoms in total. The summed E-state index contributed by atoms with van der Waals surface area (Å²) in [5.41, 5.74) is 3.77. The van der Waals surface area contributed by atoms with E-state index in [1.807, 2.05) is 12.4 Å². The van der Waals surface area contributed by atoms with Gasteiger partial charge in [-0.3, -0.25) is 4.57 Å². The van der Waals surface area contributed by atoms with Gasteiger partial charge in [0.25, 0.3) is 0 Å². The van der Waals surface area contributed by atoms with Crippen molar-refractivity contribution in [2.75, 3.05) is 5.32 Å². The Labute approximate surface area is 114 Å². The van der Waals surface area contributed by atoms with Crippen LogP contribution in [0.5, 0.6) is 0 Å². The van der Waals surface area contributed by atoms with E-state index < -0.39 is 0 Å². The van der Waals surface area contributed by atoms with Gasteiger partial charge >= 0.3 is 0 Å². The van der Waals surface area contributed by atoms with E-state index in [9.17, 15) is 0 Å². The minimum absolute atomic E-state index is 0.590. The molecule has 3 rings (SSSR count). The summed E-state index contributed by atoms with van der Waals surface area (Å²) in [4.78, 5) is 4.47. The Morgan fingerprint density at radius 3 is 2.47 bits per heavy atom. The van der Waals surface area contributed by atoms with Gasteiger partial charge < -0.3 is 5.32 Å². The SMILES string of the molecule is Cc1cc(C)cc(-n2ccnc2NC2CCCC2)c1. The first-order valence-corrected chi connectivity index (χ1v) is 7.11. The number of anilines is 1. The van der Waals surface area contributed by atoms with E-state index >= 15 is 0 Å². The molecule has 0 atom stereocenters. The molecule has 1 aromatic carbocycles. The van der Waals surface area contributed by atoms with Crippen LogP contribution in [-0.4, -0.2) is 15.6 Å². The number of nitrogens with zero attached hydrogens (tertiary/aromatic N) is 2. The van der Waals surface area contributed by atoms with Gasteiger partial charge in [0.1, 0.15) is 0 Å². The van der Waals surface area contributed by atoms with Crippen molar-refractivity contribution in [2.45, 2.75) is 45.6 Å². The number of nitrogens with one attached hydrogen (secondary N) is 1. The van der Waals surface area contributed by atoms with Crippen molar-refractivity contribution in [3.63, 3.8) is 0 Å². The summed E-state index contributed by atoms with van der Waals surface area (Å²) in [6.45, 7) is 4.27. The lowest BCUT2D eigenvalue weighted by Crippen LogP contribution is -2.17. The van der Waals surface area contributed by atoms with Crippen LogP contribution in [0.4, 0.5) is 5.95 Å². The third kappa shape index (κ3) is 2.65. The molecule has 2 aromatic rings. The fourth-order valence-electron chi connectivity index (χ4n) is 2.96. The molecule has 19 heavy (non-hydrogen) atoms. The standard InChI is InChI=1S/C16H21N3/c1-12-9-13(2)11-15(10-12)19-8-7-17-16(19)18-14-5-3-4-6-14/h7-11,14H,3-6H2,1-2H3,(H,17,18). The number of hydrogen-bond donors (Lipinski definition) is 1. The van der Waals surface area contributed by atoms with Gasteiger partial charge in [-0.2, -0.15) is 0 Å². The predicted octanol–water partition coefficient (Wildman–Crippen LogP) is 3.84. The van der Waals surface area contributed by atoms with Gasteiger partial charge in [-0.15, -0.1) is 0 Å². The fourth-order valence-corrected chi connectivity index (χ4v) is 2.96. The summed E-state index contributed by atoms with van der Waals surface area (Å²) in [6, 6.07) is 7.19. The van der Waals surface area contributed by atoms with E-state index in [4.69, 9.17) is 0 Å². The van der Waals surface area contributed by atoms with Crippen molar-refractivity contribution in [3.8, 4) is 5.69 Å². The van der Waals surface area contributed by atoms with E-state index in [0.29, 0.717) is 6.04 Å². The summed E-state index contributed by atoms with van der Waals surface area (Å²) >= 11 is 0. The van der Waals surface area contributed by atoms with Gasteiger partial charge in [0.05, 0.1) is 0 Å². The second-order valence-electron chi connectivity index (χ2n) is 5.59. The minimum atomic E-state index is 0.590. The maximum absolute atomic E-state index is 4.47. The molecular weight excluding hydrogens is 234 g/mol. The highest BCUT2D eigenvalue weighted by molar-refractivity contribution is 5.46. The van der Waals surface area contributed by atoms with Crippen LogP contribution in [0.3, 0.4) is 0 Å². The molecule has 0 amide bonds. The van der Waals surface area contributed by atoms with Crippen LogP contribution in [0.15, 0.2) is 30.6 Å². The molecule has 100 valence electrons. The Kier molecular flexibility index (Phi) is 3.28. The van der Waals surface area contributed by atoms with E-state index in [1.54, 1.807) is 0 Å². The van der Waals surface area contributed by atoms with Crippen molar-refractivity contribution in [3.05, 3.63) is 41.7 Å². The average Bonchev–Trinajstić information content (AvgIpc) is 2.99. The number of aromatic nitrogens is 2. The van der Waals surface area contributed by atoms with E-state index in [2.05, 4.69) is 46.9 Å². The van der Waals surface area contributed by atoms with Gasteiger partial charge in [0, 0.05) is 24.1 Å². The van der Waals surface area contributed by atoms with Crippen LogP contribution in [-0.2, 0) is 0 Å². The quantitative estimate of drug-likeness (QED) is 0.903. The van der Waals surface area contributed by atoms with E-state index in [1.165, 1.54) is 42.5 Å². The first-order chi connectivity index (χ1) is 9.22. The lowest BCUT2D eigenvalue weighted by atomic mass is 10.1. The smallest absolute Gasteiger partial charge is 0.207 e. The highest BCUT2D eigenvalue weighted by Gasteiger charge is 2.16. The number of hydrogen-bond acceptors (Lipinski definition) is 2. The Balaban J connectivity index is 1.90. The monoisotopic (exact) mass is 255 g/mol. The zero-order valence-corrected chi connectivity index (χ0v) is 11.7. The Morgan fingerprint density at radius 2 is 1.79 bits per heavy atom. The molecule has 0 spiro atoms. The van der Waals surface area contributed by atoms with Gasteiger partial charge in [-0.1, -0.05) is 18.9 Å². The molecule has 1 aliphatic rings. The normalized spacial score (nSPS) is 15.9. The fraction of sp³-hybridized carbons (Fsp3) is 0.438. The van der Waals surface area contributed by atoms with Crippen LogP contribution in [0, 0.1) is 13.8 Å². The molecule has 1 fully saturated rings. The summed E-state index contributed by atoms with van der Waals surface area (Å²) in [5.74, 6) is 0.969. The third-order valence-electron chi connectivity index (χ3n) is 3.81. The molecule has 0 aliphatic heterocycles. The second kappa shape index (κ2) is 5.08. The van der Waals surface area contributed by atoms with Crippen LogP contribution in [0.2, 0.25) is 0 Å². The Morgan fingerprint density at radius 1 is 1.11 bits per heavy atom. The number of aryl methyl sites for hydroxylation is 2. The topological polar surface area (TPSA) is 29.9 Å². The first kappa shape index (κ1) is 12.3. The molecule has 0 unspecified atom stereocenters. The largest absolute Gasteiger partial charge is 0.353 e. The molecule has 0 bridgehead atoms. The molecule has 1 aromatic heterocycles. The van der Waals surface area contributed by atoms with Gasteiger partial charge in [-0.25, -0.2) is 4.98 Å². The lowest BCUT2D eigenvalue weighted by molar-refractivity contribution is 0.740. The highest BCUT2D eigenvalue weighted by atomic mass is 15.2. The van der Waals surface area contributed by atoms with E-state index in [-0.39, 0.29) is 0 Å². The minimum Gasteiger partial charge on any atom is -0.353 e. The van der Waals surface area contributed by atoms with Crippen molar-refractivity contribution in [2.24, 2.45) is 0 Å². The Bertz CT molecular complexity index is 545. The summed E-state index contributed by atoms with van der Waals surface area (Å²) in [7, 11) is 0. The van der Waals surface area contributed by atoms with Crippen molar-refractivity contribution < 1.29 is 0 Å². The maximum atomic E-state index is 4.47. The molecular formula is C16H21N3. The average molecular weight is 255 g/mol. The Hall–Kier alpha value is -1.77. The summed E-state index contributed by atoms with van der Waals surface area (Å²) < 4.78 is 2.15. The molecule has 0 radical (unpaired) electrons. The van der Waals surface area contributed by atoms with Crippen LogP contribution >= 0.6 is 0 Å². The third-order valence-corrected chi connectivity index (χ3v) is 3.81. The molecule has 1 aliphatic carbocycles. The number of rotatable bonds is 3. The molecule has 3 heteroatoms. The zero-order chi connectivity index (χ0) is 13.2. The predicted molar refractivity (Wildman–Crippen MR) is 78.9 cm³/mol. The number of benzene rings is 1. The van der Waals surface area contributed by atoms with Crippen molar-refractivity contribution >= 4 is 5.95 Å². The maximum Gasteiger partial charge on any atom is 0.207 e. The molecule has 1 saturated carbocycles. The van der Waals surface area contributed by atoms with Gasteiger partial charge in [0.2, 0.25) is 5.95 Å². The van der Waals surface area contributed by atoms with Crippen LogP contribution in [0.25, 0.3) is 5.69 Å². The molecule has 1 N–H and O–H groups in total.